The molecule has 2 aromatic carbocycles. The average Bonchev–Trinajstić information content (AvgIpc) is 3.25. The number of ketones is 1. The molecule has 1 N–H and O–H groups in total. The molecular formula is C23H24N4O3S. The number of nitrogens with zero attached hydrogens (tertiary/aromatic N) is 3. The molecule has 0 bridgehead atoms. The molecular weight excluding hydrogens is 412 g/mol. The highest BCUT2D eigenvalue weighted by atomic mass is 32.1. The van der Waals surface area contributed by atoms with Gasteiger partial charge >= 0.3 is 0 Å². The summed E-state index contributed by atoms with van der Waals surface area (Å²) in [4.78, 5) is 40.4. The van der Waals surface area contributed by atoms with E-state index >= 15 is 0 Å². The smallest absolute Gasteiger partial charge is 0.280 e. The van der Waals surface area contributed by atoms with Gasteiger partial charge in [-0.25, -0.2) is 0 Å². The Bertz CT molecular complexity index is 1080. The highest BCUT2D eigenvalue weighted by molar-refractivity contribution is 7.03. The molecule has 31 heavy (non-hydrogen) atoms. The third-order valence-electron chi connectivity index (χ3n) is 4.45. The van der Waals surface area contributed by atoms with E-state index in [4.69, 9.17) is 0 Å². The summed E-state index contributed by atoms with van der Waals surface area (Å²) in [6.07, 6.45) is 0. The van der Waals surface area contributed by atoms with Crippen molar-refractivity contribution in [2.45, 2.75) is 39.3 Å². The van der Waals surface area contributed by atoms with Gasteiger partial charge in [-0.1, -0.05) is 47.0 Å². The van der Waals surface area contributed by atoms with Crippen LogP contribution >= 0.6 is 11.5 Å². The van der Waals surface area contributed by atoms with Crippen molar-refractivity contribution in [2.24, 2.45) is 0 Å². The topological polar surface area (TPSA) is 92.3 Å². The van der Waals surface area contributed by atoms with Gasteiger partial charge in [0.15, 0.2) is 11.5 Å². The van der Waals surface area contributed by atoms with Crippen LogP contribution in [0.15, 0.2) is 60.0 Å². The van der Waals surface area contributed by atoms with Crippen molar-refractivity contribution in [3.05, 3.63) is 76.8 Å². The molecule has 0 aliphatic heterocycles. The fourth-order valence-electron chi connectivity index (χ4n) is 3.13. The highest BCUT2D eigenvalue weighted by Crippen LogP contribution is 2.31. The molecule has 1 atom stereocenters. The van der Waals surface area contributed by atoms with Crippen LogP contribution < -0.4 is 10.2 Å². The second-order valence-corrected chi connectivity index (χ2v) is 8.73. The average molecular weight is 437 g/mol. The van der Waals surface area contributed by atoms with Gasteiger partial charge in [0.1, 0.15) is 6.04 Å². The predicted octanol–water partition coefficient (Wildman–Crippen LogP) is 4.04. The molecule has 8 heteroatoms. The molecule has 0 aliphatic rings. The normalized spacial score (nSPS) is 12.1. The first-order chi connectivity index (χ1) is 14.7. The molecule has 3 rings (SSSR count). The van der Waals surface area contributed by atoms with E-state index in [9.17, 15) is 14.4 Å². The summed E-state index contributed by atoms with van der Waals surface area (Å²) >= 11 is 1.05. The van der Waals surface area contributed by atoms with E-state index in [-0.39, 0.29) is 17.4 Å². The van der Waals surface area contributed by atoms with Gasteiger partial charge in [0.05, 0.1) is 0 Å². The van der Waals surface area contributed by atoms with E-state index in [1.165, 1.54) is 17.2 Å². The van der Waals surface area contributed by atoms with Gasteiger partial charge in [0.25, 0.3) is 5.91 Å². The first-order valence-electron chi connectivity index (χ1n) is 9.76. The number of benzene rings is 2. The number of rotatable bonds is 6. The third kappa shape index (κ3) is 5.40. The number of aromatic nitrogens is 2. The van der Waals surface area contributed by atoms with Gasteiger partial charge in [0.2, 0.25) is 5.91 Å². The maximum atomic E-state index is 13.5. The second kappa shape index (κ2) is 9.18. The van der Waals surface area contributed by atoms with Crippen LogP contribution in [-0.2, 0) is 4.79 Å². The molecule has 0 spiro atoms. The Morgan fingerprint density at radius 2 is 1.74 bits per heavy atom. The zero-order valence-electron chi connectivity index (χ0n) is 17.8. The first-order valence-corrected chi connectivity index (χ1v) is 10.6. The summed E-state index contributed by atoms with van der Waals surface area (Å²) in [5, 5.41) is 8.42. The van der Waals surface area contributed by atoms with Crippen LogP contribution in [0.25, 0.3) is 0 Å². The number of amides is 2. The van der Waals surface area contributed by atoms with E-state index in [2.05, 4.69) is 14.9 Å². The highest BCUT2D eigenvalue weighted by Gasteiger charge is 2.35. The van der Waals surface area contributed by atoms with Crippen molar-refractivity contribution in [1.29, 1.82) is 0 Å². The van der Waals surface area contributed by atoms with Gasteiger partial charge in [-0.15, -0.1) is 5.10 Å². The SMILES string of the molecule is CC(=O)c1cccc(N(C(=O)c2csnn2)[C@H](C(=O)NC(C)(C)C)c2ccccc2)c1. The number of carbonyl (C=O) groups excluding carboxylic acids is 3. The maximum absolute atomic E-state index is 13.5. The minimum absolute atomic E-state index is 0.128. The minimum Gasteiger partial charge on any atom is -0.349 e. The molecule has 0 radical (unpaired) electrons. The Morgan fingerprint density at radius 3 is 2.32 bits per heavy atom. The summed E-state index contributed by atoms with van der Waals surface area (Å²) in [5.41, 5.74) is 1.11. The zero-order chi connectivity index (χ0) is 22.6. The van der Waals surface area contributed by atoms with Gasteiger partial charge in [0, 0.05) is 22.2 Å². The predicted molar refractivity (Wildman–Crippen MR) is 120 cm³/mol. The Morgan fingerprint density at radius 1 is 1.03 bits per heavy atom. The number of hydrogen-bond donors (Lipinski definition) is 1. The van der Waals surface area contributed by atoms with Crippen LogP contribution in [-0.4, -0.2) is 32.7 Å². The fraction of sp³-hybridized carbons (Fsp3) is 0.261. The number of carbonyl (C=O) groups is 3. The number of anilines is 1. The molecule has 7 nitrogen and oxygen atoms in total. The van der Waals surface area contributed by atoms with Gasteiger partial charge in [-0.2, -0.15) is 0 Å². The number of Topliss-reactive ketones (excluding diaryl/α,β-unsaturated/α-hetero) is 1. The minimum atomic E-state index is -0.975. The van der Waals surface area contributed by atoms with Crippen molar-refractivity contribution in [3.8, 4) is 0 Å². The summed E-state index contributed by atoms with van der Waals surface area (Å²) in [7, 11) is 0. The second-order valence-electron chi connectivity index (χ2n) is 8.12. The molecule has 0 unspecified atom stereocenters. The molecule has 3 aromatic rings. The van der Waals surface area contributed by atoms with Gasteiger partial charge in [-0.3, -0.25) is 19.3 Å². The maximum Gasteiger partial charge on any atom is 0.280 e. The quantitative estimate of drug-likeness (QED) is 0.589. The van der Waals surface area contributed by atoms with Crippen molar-refractivity contribution in [2.75, 3.05) is 4.90 Å². The lowest BCUT2D eigenvalue weighted by Gasteiger charge is -2.33. The van der Waals surface area contributed by atoms with Crippen LogP contribution in [0, 0.1) is 0 Å². The summed E-state index contributed by atoms with van der Waals surface area (Å²) < 4.78 is 3.79. The molecule has 0 saturated heterocycles. The lowest BCUT2D eigenvalue weighted by atomic mass is 10.00. The summed E-state index contributed by atoms with van der Waals surface area (Å²) in [6.45, 7) is 7.08. The Labute approximate surface area is 185 Å². The standard InChI is InChI=1S/C23H24N4O3S/c1-15(28)17-11-8-12-18(13-17)27(22(30)19-14-31-26-25-19)20(16-9-6-5-7-10-16)21(29)24-23(2,3)4/h5-14,20H,1-4H3,(H,24,29)/t20-/m0/s1. The van der Waals surface area contributed by atoms with Gasteiger partial charge in [-0.05, 0) is 56.9 Å². The molecule has 1 aromatic heterocycles. The van der Waals surface area contributed by atoms with E-state index in [0.717, 1.165) is 11.5 Å². The van der Waals surface area contributed by atoms with Crippen molar-refractivity contribution < 1.29 is 14.4 Å². The fourth-order valence-corrected chi connectivity index (χ4v) is 3.56. The van der Waals surface area contributed by atoms with Crippen LogP contribution in [0.3, 0.4) is 0 Å². The lowest BCUT2D eigenvalue weighted by molar-refractivity contribution is -0.123. The van der Waals surface area contributed by atoms with Crippen LogP contribution in [0.1, 0.15) is 60.1 Å². The van der Waals surface area contributed by atoms with E-state index in [1.54, 1.807) is 36.4 Å². The molecule has 2 amide bonds. The molecule has 1 heterocycles. The lowest BCUT2D eigenvalue weighted by Crippen LogP contribution is -2.49. The molecule has 0 fully saturated rings. The summed E-state index contributed by atoms with van der Waals surface area (Å²) in [5.74, 6) is -0.962. The molecule has 160 valence electrons. The van der Waals surface area contributed by atoms with Crippen LogP contribution in [0.4, 0.5) is 5.69 Å². The van der Waals surface area contributed by atoms with Crippen molar-refractivity contribution in [1.82, 2.24) is 14.9 Å². The Kier molecular flexibility index (Phi) is 6.60. The third-order valence-corrected chi connectivity index (χ3v) is 4.95. The molecule has 0 aliphatic carbocycles. The summed E-state index contributed by atoms with van der Waals surface area (Å²) in [6, 6.07) is 14.7. The van der Waals surface area contributed by atoms with Crippen molar-refractivity contribution in [3.63, 3.8) is 0 Å². The van der Waals surface area contributed by atoms with Crippen LogP contribution in [0.2, 0.25) is 0 Å². The van der Waals surface area contributed by atoms with E-state index in [1.807, 2.05) is 39.0 Å². The van der Waals surface area contributed by atoms with E-state index in [0.29, 0.717) is 16.8 Å². The number of nitrogens with one attached hydrogen (secondary N) is 1. The monoisotopic (exact) mass is 436 g/mol. The largest absolute Gasteiger partial charge is 0.349 e. The zero-order valence-corrected chi connectivity index (χ0v) is 18.6. The Hall–Kier alpha value is -3.39. The molecule has 0 saturated carbocycles. The van der Waals surface area contributed by atoms with E-state index < -0.39 is 17.5 Å². The van der Waals surface area contributed by atoms with Crippen LogP contribution in [0.5, 0.6) is 0 Å². The first kappa shape index (κ1) is 22.3. The van der Waals surface area contributed by atoms with Gasteiger partial charge < -0.3 is 5.32 Å². The van der Waals surface area contributed by atoms with Crippen molar-refractivity contribution >= 4 is 34.8 Å². The Balaban J connectivity index is 2.20. The number of hydrogen-bond acceptors (Lipinski definition) is 6.